The maximum absolute atomic E-state index is 5.96. The van der Waals surface area contributed by atoms with Gasteiger partial charge in [-0.3, -0.25) is 0 Å². The third-order valence-electron chi connectivity index (χ3n) is 3.63. The van der Waals surface area contributed by atoms with E-state index in [0.29, 0.717) is 6.61 Å². The fourth-order valence-electron chi connectivity index (χ4n) is 2.47. The predicted octanol–water partition coefficient (Wildman–Crippen LogP) is 3.40. The third kappa shape index (κ3) is 4.23. The topological polar surface area (TPSA) is 30.5 Å². The van der Waals surface area contributed by atoms with Crippen LogP contribution in [0, 0.1) is 0 Å². The van der Waals surface area contributed by atoms with Crippen LogP contribution in [0.2, 0.25) is 0 Å². The predicted molar refractivity (Wildman–Crippen MR) is 83.7 cm³/mol. The van der Waals surface area contributed by atoms with Gasteiger partial charge >= 0.3 is 0 Å². The summed E-state index contributed by atoms with van der Waals surface area (Å²) in [5.41, 5.74) is 1.17. The number of rotatable bonds is 5. The lowest BCUT2D eigenvalue weighted by Gasteiger charge is -2.24. The second-order valence-corrected chi connectivity index (χ2v) is 5.33. The highest BCUT2D eigenvalue weighted by molar-refractivity contribution is 5.31. The lowest BCUT2D eigenvalue weighted by Crippen LogP contribution is -2.37. The minimum atomic E-state index is 0.287. The molecule has 1 aliphatic heterocycles. The maximum Gasteiger partial charge on any atom is 0.120 e. The summed E-state index contributed by atoms with van der Waals surface area (Å²) in [5, 5.41) is 3.36. The number of piperidine rings is 1. The van der Waals surface area contributed by atoms with E-state index in [1.54, 1.807) is 0 Å². The second kappa shape index (κ2) is 7.14. The lowest BCUT2D eigenvalue weighted by atomic mass is 10.1. The van der Waals surface area contributed by atoms with Gasteiger partial charge in [-0.05, 0) is 49.2 Å². The van der Waals surface area contributed by atoms with E-state index in [0.717, 1.165) is 31.0 Å². The zero-order valence-corrected chi connectivity index (χ0v) is 12.1. The van der Waals surface area contributed by atoms with Crippen molar-refractivity contribution in [3.05, 3.63) is 60.2 Å². The fourth-order valence-corrected chi connectivity index (χ4v) is 2.47. The van der Waals surface area contributed by atoms with Gasteiger partial charge in [-0.2, -0.15) is 0 Å². The average molecular weight is 283 g/mol. The summed E-state index contributed by atoms with van der Waals surface area (Å²) in [5.74, 6) is 1.78. The molecule has 0 aromatic heterocycles. The first-order valence-corrected chi connectivity index (χ1v) is 7.54. The highest BCUT2D eigenvalue weighted by atomic mass is 16.5. The minimum Gasteiger partial charge on any atom is -0.489 e. The minimum absolute atomic E-state index is 0.287. The molecule has 3 heteroatoms. The van der Waals surface area contributed by atoms with Crippen molar-refractivity contribution in [3.63, 3.8) is 0 Å². The van der Waals surface area contributed by atoms with E-state index < -0.39 is 0 Å². The maximum atomic E-state index is 5.96. The summed E-state index contributed by atoms with van der Waals surface area (Å²) < 4.78 is 11.7. The Morgan fingerprint density at radius 3 is 2.43 bits per heavy atom. The molecule has 0 amide bonds. The Bertz CT molecular complexity index is 533. The van der Waals surface area contributed by atoms with E-state index >= 15 is 0 Å². The first kappa shape index (κ1) is 14.0. The van der Waals surface area contributed by atoms with Gasteiger partial charge in [0.1, 0.15) is 24.2 Å². The molecule has 1 N–H and O–H groups in total. The average Bonchev–Trinajstić information content (AvgIpc) is 2.56. The SMILES string of the molecule is c1ccc(COc2ccc(OC3CCCNC3)cc2)cc1. The Hall–Kier alpha value is -2.00. The van der Waals surface area contributed by atoms with Crippen LogP contribution in [0.3, 0.4) is 0 Å². The molecule has 3 nitrogen and oxygen atoms in total. The Balaban J connectivity index is 1.51. The van der Waals surface area contributed by atoms with Crippen LogP contribution in [0.1, 0.15) is 18.4 Å². The fraction of sp³-hybridized carbons (Fsp3) is 0.333. The molecular weight excluding hydrogens is 262 g/mol. The molecule has 0 saturated carbocycles. The van der Waals surface area contributed by atoms with Gasteiger partial charge in [-0.15, -0.1) is 0 Å². The molecule has 0 bridgehead atoms. The van der Waals surface area contributed by atoms with E-state index in [2.05, 4.69) is 17.4 Å². The highest BCUT2D eigenvalue weighted by Crippen LogP contribution is 2.21. The second-order valence-electron chi connectivity index (χ2n) is 5.33. The Labute approximate surface area is 125 Å². The van der Waals surface area contributed by atoms with Crippen LogP contribution in [-0.2, 0) is 6.61 Å². The van der Waals surface area contributed by atoms with Gasteiger partial charge in [0, 0.05) is 6.54 Å². The van der Waals surface area contributed by atoms with Gasteiger partial charge in [0.2, 0.25) is 0 Å². The smallest absolute Gasteiger partial charge is 0.120 e. The monoisotopic (exact) mass is 283 g/mol. The lowest BCUT2D eigenvalue weighted by molar-refractivity contribution is 0.167. The number of ether oxygens (including phenoxy) is 2. The molecule has 2 aromatic rings. The van der Waals surface area contributed by atoms with Crippen LogP contribution in [-0.4, -0.2) is 19.2 Å². The van der Waals surface area contributed by atoms with Crippen LogP contribution in [0.25, 0.3) is 0 Å². The molecule has 1 fully saturated rings. The number of hydrogen-bond acceptors (Lipinski definition) is 3. The van der Waals surface area contributed by atoms with Gasteiger partial charge < -0.3 is 14.8 Å². The summed E-state index contributed by atoms with van der Waals surface area (Å²) >= 11 is 0. The van der Waals surface area contributed by atoms with E-state index in [-0.39, 0.29) is 6.10 Å². The van der Waals surface area contributed by atoms with Gasteiger partial charge in [0.15, 0.2) is 0 Å². The summed E-state index contributed by atoms with van der Waals surface area (Å²) in [6.07, 6.45) is 2.59. The van der Waals surface area contributed by atoms with Gasteiger partial charge in [-0.1, -0.05) is 30.3 Å². The van der Waals surface area contributed by atoms with Crippen molar-refractivity contribution in [1.82, 2.24) is 5.32 Å². The number of nitrogens with one attached hydrogen (secondary N) is 1. The van der Waals surface area contributed by atoms with Crippen molar-refractivity contribution < 1.29 is 9.47 Å². The summed E-state index contributed by atoms with van der Waals surface area (Å²) in [4.78, 5) is 0. The van der Waals surface area contributed by atoms with Crippen molar-refractivity contribution in [2.75, 3.05) is 13.1 Å². The van der Waals surface area contributed by atoms with Crippen molar-refractivity contribution in [1.29, 1.82) is 0 Å². The molecule has 1 heterocycles. The van der Waals surface area contributed by atoms with Crippen molar-refractivity contribution >= 4 is 0 Å². The quantitative estimate of drug-likeness (QED) is 0.912. The molecule has 0 spiro atoms. The standard InChI is InChI=1S/C18H21NO2/c1-2-5-15(6-3-1)14-20-16-8-10-17(11-9-16)21-18-7-4-12-19-13-18/h1-3,5-6,8-11,18-19H,4,7,12-14H2. The zero-order chi connectivity index (χ0) is 14.3. The normalized spacial score (nSPS) is 18.2. The van der Waals surface area contributed by atoms with E-state index in [4.69, 9.17) is 9.47 Å². The van der Waals surface area contributed by atoms with Gasteiger partial charge in [0.25, 0.3) is 0 Å². The molecule has 1 atom stereocenters. The van der Waals surface area contributed by atoms with Crippen LogP contribution in [0.4, 0.5) is 0 Å². The zero-order valence-electron chi connectivity index (χ0n) is 12.1. The van der Waals surface area contributed by atoms with Gasteiger partial charge in [0.05, 0.1) is 0 Å². The first-order chi connectivity index (χ1) is 10.4. The summed E-state index contributed by atoms with van der Waals surface area (Å²) in [6.45, 7) is 2.63. The Kier molecular flexibility index (Phi) is 4.74. The largest absolute Gasteiger partial charge is 0.489 e. The van der Waals surface area contributed by atoms with E-state index in [1.165, 1.54) is 12.0 Å². The van der Waals surface area contributed by atoms with Crippen molar-refractivity contribution in [2.24, 2.45) is 0 Å². The molecule has 0 aliphatic carbocycles. The van der Waals surface area contributed by atoms with Crippen LogP contribution >= 0.6 is 0 Å². The molecule has 1 unspecified atom stereocenters. The Morgan fingerprint density at radius 1 is 0.952 bits per heavy atom. The number of benzene rings is 2. The van der Waals surface area contributed by atoms with E-state index in [1.807, 2.05) is 42.5 Å². The van der Waals surface area contributed by atoms with Crippen LogP contribution in [0.15, 0.2) is 54.6 Å². The molecule has 21 heavy (non-hydrogen) atoms. The first-order valence-electron chi connectivity index (χ1n) is 7.54. The highest BCUT2D eigenvalue weighted by Gasteiger charge is 2.14. The molecule has 0 radical (unpaired) electrons. The molecule has 3 rings (SSSR count). The van der Waals surface area contributed by atoms with Crippen LogP contribution in [0.5, 0.6) is 11.5 Å². The van der Waals surface area contributed by atoms with Crippen molar-refractivity contribution in [2.45, 2.75) is 25.6 Å². The molecule has 1 saturated heterocycles. The molecule has 1 aliphatic rings. The van der Waals surface area contributed by atoms with E-state index in [9.17, 15) is 0 Å². The summed E-state index contributed by atoms with van der Waals surface area (Å²) in [7, 11) is 0. The molecular formula is C18H21NO2. The Morgan fingerprint density at radius 2 is 1.71 bits per heavy atom. The number of hydrogen-bond donors (Lipinski definition) is 1. The van der Waals surface area contributed by atoms with Gasteiger partial charge in [-0.25, -0.2) is 0 Å². The summed E-state index contributed by atoms with van der Waals surface area (Å²) in [6, 6.07) is 18.1. The molecule has 2 aromatic carbocycles. The molecule has 110 valence electrons. The van der Waals surface area contributed by atoms with Crippen molar-refractivity contribution in [3.8, 4) is 11.5 Å². The third-order valence-corrected chi connectivity index (χ3v) is 3.63. The van der Waals surface area contributed by atoms with Crippen LogP contribution < -0.4 is 14.8 Å².